The quantitative estimate of drug-likeness (QED) is 0.505. The van der Waals surface area contributed by atoms with Gasteiger partial charge in [-0.25, -0.2) is 0 Å². The monoisotopic (exact) mass is 450 g/mol. The fraction of sp³-hybridized carbons (Fsp3) is 0.500. The largest absolute Gasteiger partial charge is 0.495 e. The molecular formula is C26H31BO6. The first kappa shape index (κ1) is 22.3. The lowest BCUT2D eigenvalue weighted by atomic mass is 9.75. The van der Waals surface area contributed by atoms with Crippen molar-refractivity contribution in [2.75, 3.05) is 13.7 Å². The van der Waals surface area contributed by atoms with Crippen molar-refractivity contribution in [1.82, 2.24) is 0 Å². The molecule has 0 saturated carbocycles. The minimum atomic E-state index is -0.371. The summed E-state index contributed by atoms with van der Waals surface area (Å²) in [6, 6.07) is 12.2. The molecule has 2 heterocycles. The predicted molar refractivity (Wildman–Crippen MR) is 125 cm³/mol. The summed E-state index contributed by atoms with van der Waals surface area (Å²) < 4.78 is 29.7. The second kappa shape index (κ2) is 8.06. The van der Waals surface area contributed by atoms with Gasteiger partial charge in [-0.2, -0.15) is 0 Å². The van der Waals surface area contributed by atoms with Crippen molar-refractivity contribution >= 4 is 18.6 Å². The SMILES string of the molecule is COC(=O)CC1COc2cc(O[C@@H]3CCc4c(B5OC(C)(C)C(C)(C)O5)cccc43)ccc21. The molecule has 2 aromatic rings. The second-order valence-electron chi connectivity index (χ2n) is 10.1. The first-order chi connectivity index (χ1) is 15.7. The third kappa shape index (κ3) is 3.91. The summed E-state index contributed by atoms with van der Waals surface area (Å²) in [5.74, 6) is 1.35. The Balaban J connectivity index is 1.34. The van der Waals surface area contributed by atoms with Crippen LogP contribution in [-0.2, 0) is 25.3 Å². The van der Waals surface area contributed by atoms with Gasteiger partial charge in [0.15, 0.2) is 0 Å². The van der Waals surface area contributed by atoms with Crippen molar-refractivity contribution in [3.63, 3.8) is 0 Å². The number of fused-ring (bicyclic) bond motifs is 2. The Morgan fingerprint density at radius 3 is 2.58 bits per heavy atom. The molecular weight excluding hydrogens is 419 g/mol. The highest BCUT2D eigenvalue weighted by atomic mass is 16.7. The highest BCUT2D eigenvalue weighted by Gasteiger charge is 2.52. The molecule has 1 fully saturated rings. The molecule has 33 heavy (non-hydrogen) atoms. The summed E-state index contributed by atoms with van der Waals surface area (Å²) in [5.41, 5.74) is 3.84. The van der Waals surface area contributed by atoms with E-state index in [4.69, 9.17) is 23.5 Å². The van der Waals surface area contributed by atoms with Crippen LogP contribution in [0.15, 0.2) is 36.4 Å². The molecule has 2 aliphatic heterocycles. The molecule has 0 aromatic heterocycles. The normalized spacial score (nSPS) is 24.2. The van der Waals surface area contributed by atoms with Crippen LogP contribution in [0.3, 0.4) is 0 Å². The summed E-state index contributed by atoms with van der Waals surface area (Å²) in [6.07, 6.45) is 2.10. The smallest absolute Gasteiger partial charge is 0.492 e. The zero-order valence-electron chi connectivity index (χ0n) is 20.0. The van der Waals surface area contributed by atoms with E-state index in [0.717, 1.165) is 35.4 Å². The van der Waals surface area contributed by atoms with Gasteiger partial charge in [0.05, 0.1) is 31.3 Å². The maximum Gasteiger partial charge on any atom is 0.495 e. The van der Waals surface area contributed by atoms with Gasteiger partial charge >= 0.3 is 13.1 Å². The summed E-state index contributed by atoms with van der Waals surface area (Å²) in [4.78, 5) is 11.7. The molecule has 0 radical (unpaired) electrons. The van der Waals surface area contributed by atoms with E-state index in [2.05, 4.69) is 45.9 Å². The maximum absolute atomic E-state index is 11.7. The Bertz CT molecular complexity index is 1060. The van der Waals surface area contributed by atoms with Gasteiger partial charge in [-0.3, -0.25) is 4.79 Å². The summed E-state index contributed by atoms with van der Waals surface area (Å²) in [7, 11) is 1.04. The van der Waals surface area contributed by atoms with E-state index in [1.54, 1.807) is 0 Å². The molecule has 0 amide bonds. The van der Waals surface area contributed by atoms with Crippen molar-refractivity contribution in [3.05, 3.63) is 53.1 Å². The Morgan fingerprint density at radius 1 is 1.09 bits per heavy atom. The van der Waals surface area contributed by atoms with Gasteiger partial charge in [-0.1, -0.05) is 24.3 Å². The number of methoxy groups -OCH3 is 1. The molecule has 1 aliphatic carbocycles. The zero-order valence-corrected chi connectivity index (χ0v) is 20.0. The Kier molecular flexibility index (Phi) is 5.45. The summed E-state index contributed by atoms with van der Waals surface area (Å²) >= 11 is 0. The highest BCUT2D eigenvalue weighted by Crippen LogP contribution is 2.42. The van der Waals surface area contributed by atoms with Gasteiger partial charge < -0.3 is 23.5 Å². The van der Waals surface area contributed by atoms with E-state index < -0.39 is 0 Å². The molecule has 7 heteroatoms. The van der Waals surface area contributed by atoms with Crippen molar-refractivity contribution < 1.29 is 28.3 Å². The number of carbonyl (C=O) groups excluding carboxylic acids is 1. The van der Waals surface area contributed by atoms with E-state index in [9.17, 15) is 4.79 Å². The van der Waals surface area contributed by atoms with Gasteiger partial charge in [0, 0.05) is 17.5 Å². The van der Waals surface area contributed by atoms with E-state index >= 15 is 0 Å². The summed E-state index contributed by atoms with van der Waals surface area (Å²) in [5, 5.41) is 0. The first-order valence-corrected chi connectivity index (χ1v) is 11.7. The van der Waals surface area contributed by atoms with Crippen LogP contribution >= 0.6 is 0 Å². The maximum atomic E-state index is 11.7. The van der Waals surface area contributed by atoms with E-state index in [-0.39, 0.29) is 36.3 Å². The number of carbonyl (C=O) groups is 1. The third-order valence-electron chi connectivity index (χ3n) is 7.54. The van der Waals surface area contributed by atoms with Crippen molar-refractivity contribution in [2.45, 2.75) is 70.2 Å². The molecule has 0 N–H and O–H groups in total. The van der Waals surface area contributed by atoms with E-state index in [1.807, 2.05) is 18.2 Å². The molecule has 1 unspecified atom stereocenters. The molecule has 3 aliphatic rings. The lowest BCUT2D eigenvalue weighted by molar-refractivity contribution is -0.141. The summed E-state index contributed by atoms with van der Waals surface area (Å²) in [6.45, 7) is 8.79. The lowest BCUT2D eigenvalue weighted by Gasteiger charge is -2.32. The Labute approximate surface area is 195 Å². The van der Waals surface area contributed by atoms with Gasteiger partial charge in [0.25, 0.3) is 0 Å². The predicted octanol–water partition coefficient (Wildman–Crippen LogP) is 4.09. The molecule has 2 aromatic carbocycles. The number of rotatable bonds is 5. The van der Waals surface area contributed by atoms with Gasteiger partial charge in [0.2, 0.25) is 0 Å². The average molecular weight is 450 g/mol. The molecule has 6 nitrogen and oxygen atoms in total. The van der Waals surface area contributed by atoms with Gasteiger partial charge in [-0.15, -0.1) is 0 Å². The third-order valence-corrected chi connectivity index (χ3v) is 7.54. The van der Waals surface area contributed by atoms with Crippen LogP contribution < -0.4 is 14.9 Å². The minimum absolute atomic E-state index is 0.0242. The molecule has 0 spiro atoms. The zero-order chi connectivity index (χ0) is 23.4. The van der Waals surface area contributed by atoms with Crippen LogP contribution in [-0.4, -0.2) is 38.0 Å². The van der Waals surface area contributed by atoms with Crippen LogP contribution in [0.1, 0.15) is 69.2 Å². The number of esters is 1. The van der Waals surface area contributed by atoms with Gasteiger partial charge in [0.1, 0.15) is 17.6 Å². The lowest BCUT2D eigenvalue weighted by Crippen LogP contribution is -2.41. The highest BCUT2D eigenvalue weighted by molar-refractivity contribution is 6.62. The Morgan fingerprint density at radius 2 is 1.85 bits per heavy atom. The van der Waals surface area contributed by atoms with E-state index in [0.29, 0.717) is 13.0 Å². The second-order valence-corrected chi connectivity index (χ2v) is 10.1. The van der Waals surface area contributed by atoms with Crippen LogP contribution in [0.5, 0.6) is 11.5 Å². The molecule has 5 rings (SSSR count). The van der Waals surface area contributed by atoms with E-state index in [1.165, 1.54) is 18.2 Å². The van der Waals surface area contributed by atoms with Crippen molar-refractivity contribution in [3.8, 4) is 11.5 Å². The number of hydrogen-bond acceptors (Lipinski definition) is 6. The molecule has 1 saturated heterocycles. The Hall–Kier alpha value is -2.51. The number of benzene rings is 2. The standard InChI is InChI=1S/C26H31BO6/c1-25(2)26(3,4)33-27(32-25)21-8-6-7-20-19(21)11-12-22(20)31-17-9-10-18-16(13-24(28)29-5)15-30-23(18)14-17/h6-10,14,16,22H,11-13,15H2,1-5H3/t16?,22-/m1/s1. The minimum Gasteiger partial charge on any atom is -0.492 e. The van der Waals surface area contributed by atoms with Gasteiger partial charge in [-0.05, 0) is 63.2 Å². The molecule has 2 atom stereocenters. The number of hydrogen-bond donors (Lipinski definition) is 0. The number of ether oxygens (including phenoxy) is 3. The van der Waals surface area contributed by atoms with Crippen LogP contribution in [0.2, 0.25) is 0 Å². The first-order valence-electron chi connectivity index (χ1n) is 11.7. The average Bonchev–Trinajstić information content (AvgIpc) is 3.42. The topological polar surface area (TPSA) is 63.2 Å². The van der Waals surface area contributed by atoms with Crippen LogP contribution in [0.4, 0.5) is 0 Å². The molecule has 0 bridgehead atoms. The van der Waals surface area contributed by atoms with Crippen LogP contribution in [0.25, 0.3) is 0 Å². The van der Waals surface area contributed by atoms with Crippen LogP contribution in [0, 0.1) is 0 Å². The van der Waals surface area contributed by atoms with Crippen molar-refractivity contribution in [1.29, 1.82) is 0 Å². The fourth-order valence-corrected chi connectivity index (χ4v) is 4.91. The van der Waals surface area contributed by atoms with Crippen molar-refractivity contribution in [2.24, 2.45) is 0 Å². The molecule has 174 valence electrons. The fourth-order valence-electron chi connectivity index (χ4n) is 4.91.